The molecule has 0 aliphatic heterocycles. The second kappa shape index (κ2) is 4.30. The van der Waals surface area contributed by atoms with Gasteiger partial charge < -0.3 is 4.42 Å². The highest BCUT2D eigenvalue weighted by atomic mass is 32.1. The maximum Gasteiger partial charge on any atom is 0.214 e. The third kappa shape index (κ3) is 1.59. The molecular weight excluding hydrogens is 292 g/mol. The van der Waals surface area contributed by atoms with Gasteiger partial charge in [-0.15, -0.1) is 16.4 Å². The first-order chi connectivity index (χ1) is 9.86. The number of hydrogen-bond acceptors (Lipinski definition) is 6. The first kappa shape index (κ1) is 11.4. The molecule has 0 spiro atoms. The number of hydrogen-bond donors (Lipinski definition) is 0. The van der Waals surface area contributed by atoms with E-state index in [0.29, 0.717) is 27.1 Å². The lowest BCUT2D eigenvalue weighted by Gasteiger charge is -1.91. The van der Waals surface area contributed by atoms with Gasteiger partial charge in [-0.3, -0.25) is 0 Å². The third-order valence-electron chi connectivity index (χ3n) is 2.80. The molecule has 0 amide bonds. The van der Waals surface area contributed by atoms with Gasteiger partial charge in [0.1, 0.15) is 11.8 Å². The largest absolute Gasteiger partial charge is 0.462 e. The van der Waals surface area contributed by atoms with Gasteiger partial charge in [0.25, 0.3) is 0 Å². The minimum atomic E-state index is 0.455. The highest BCUT2D eigenvalue weighted by Gasteiger charge is 2.19. The van der Waals surface area contributed by atoms with E-state index in [1.807, 2.05) is 29.6 Å². The average Bonchev–Trinajstić information content (AvgIpc) is 3.21. The van der Waals surface area contributed by atoms with Crippen molar-refractivity contribution >= 4 is 27.6 Å². The molecular formula is C13H6N4OS2. The highest BCUT2D eigenvalue weighted by molar-refractivity contribution is 7.19. The van der Waals surface area contributed by atoms with Crippen LogP contribution in [0.4, 0.5) is 0 Å². The Morgan fingerprint density at radius 3 is 2.95 bits per heavy atom. The van der Waals surface area contributed by atoms with Crippen LogP contribution in [0.15, 0.2) is 40.3 Å². The summed E-state index contributed by atoms with van der Waals surface area (Å²) in [5.41, 5.74) is 1.14. The van der Waals surface area contributed by atoms with Crippen molar-refractivity contribution in [1.29, 1.82) is 5.26 Å². The van der Waals surface area contributed by atoms with Gasteiger partial charge in [-0.1, -0.05) is 17.4 Å². The van der Waals surface area contributed by atoms with Crippen LogP contribution in [0.3, 0.4) is 0 Å². The molecule has 20 heavy (non-hydrogen) atoms. The Morgan fingerprint density at radius 1 is 1.30 bits per heavy atom. The molecule has 0 saturated heterocycles. The summed E-state index contributed by atoms with van der Waals surface area (Å²) in [7, 11) is 0. The van der Waals surface area contributed by atoms with Crippen LogP contribution < -0.4 is 0 Å². The van der Waals surface area contributed by atoms with E-state index >= 15 is 0 Å². The molecule has 96 valence electrons. The van der Waals surface area contributed by atoms with E-state index in [4.69, 9.17) is 4.42 Å². The molecule has 0 atom stereocenters. The van der Waals surface area contributed by atoms with Gasteiger partial charge in [-0.05, 0) is 23.6 Å². The first-order valence-electron chi connectivity index (χ1n) is 5.74. The molecule has 0 aromatic carbocycles. The third-order valence-corrected chi connectivity index (χ3v) is 4.60. The molecule has 0 fully saturated rings. The van der Waals surface area contributed by atoms with Crippen LogP contribution in [-0.4, -0.2) is 14.6 Å². The molecule has 4 rings (SSSR count). The van der Waals surface area contributed by atoms with Gasteiger partial charge in [0.2, 0.25) is 4.96 Å². The Labute approximate surface area is 121 Å². The summed E-state index contributed by atoms with van der Waals surface area (Å²) in [6.07, 6.45) is 1.60. The number of aromatic nitrogens is 3. The van der Waals surface area contributed by atoms with Crippen LogP contribution >= 0.6 is 22.7 Å². The molecule has 5 nitrogen and oxygen atoms in total. The van der Waals surface area contributed by atoms with Crippen molar-refractivity contribution in [3.63, 3.8) is 0 Å². The predicted molar refractivity (Wildman–Crippen MR) is 76.6 cm³/mol. The number of imidazole rings is 1. The first-order valence-corrected chi connectivity index (χ1v) is 7.44. The van der Waals surface area contributed by atoms with Gasteiger partial charge >= 0.3 is 0 Å². The predicted octanol–water partition coefficient (Wildman–Crippen LogP) is 3.65. The number of nitriles is 1. The zero-order valence-electron chi connectivity index (χ0n) is 9.98. The van der Waals surface area contributed by atoms with Crippen LogP contribution in [0.5, 0.6) is 0 Å². The summed E-state index contributed by atoms with van der Waals surface area (Å²) in [6.45, 7) is 0. The number of thiophene rings is 1. The van der Waals surface area contributed by atoms with E-state index in [0.717, 1.165) is 4.88 Å². The van der Waals surface area contributed by atoms with Crippen molar-refractivity contribution < 1.29 is 4.42 Å². The summed E-state index contributed by atoms with van der Waals surface area (Å²) in [6, 6.07) is 9.72. The van der Waals surface area contributed by atoms with Gasteiger partial charge in [-0.2, -0.15) is 9.78 Å². The molecule has 4 aromatic heterocycles. The van der Waals surface area contributed by atoms with Gasteiger partial charge in [-0.25, -0.2) is 4.98 Å². The molecule has 0 radical (unpaired) electrons. The van der Waals surface area contributed by atoms with Crippen LogP contribution in [-0.2, 0) is 0 Å². The fourth-order valence-electron chi connectivity index (χ4n) is 1.93. The Kier molecular flexibility index (Phi) is 2.45. The van der Waals surface area contributed by atoms with Crippen LogP contribution in [0.1, 0.15) is 5.69 Å². The molecule has 0 unspecified atom stereocenters. The molecule has 7 heteroatoms. The standard InChI is InChI=1S/C13H6N4OS2/c14-7-8-11(10-4-2-6-19-10)15-13-17(8)16-12(20-13)9-3-1-5-18-9/h1-6H. The van der Waals surface area contributed by atoms with E-state index in [9.17, 15) is 5.26 Å². The Bertz CT molecular complexity index is 910. The SMILES string of the molecule is N#Cc1c(-c2cccs2)nc2sc(-c3ccco3)nn12. The number of fused-ring (bicyclic) bond motifs is 1. The van der Waals surface area contributed by atoms with Crippen molar-refractivity contribution in [3.8, 4) is 27.4 Å². The fourth-order valence-corrected chi connectivity index (χ4v) is 3.52. The van der Waals surface area contributed by atoms with Gasteiger partial charge in [0.05, 0.1) is 11.1 Å². The molecule has 0 saturated carbocycles. The zero-order valence-corrected chi connectivity index (χ0v) is 11.6. The fraction of sp³-hybridized carbons (Fsp3) is 0. The molecule has 0 N–H and O–H groups in total. The summed E-state index contributed by atoms with van der Waals surface area (Å²) in [5.74, 6) is 0.682. The number of nitrogens with zero attached hydrogens (tertiary/aromatic N) is 4. The smallest absolute Gasteiger partial charge is 0.214 e. The summed E-state index contributed by atoms with van der Waals surface area (Å²) in [5, 5.41) is 16.5. The maximum atomic E-state index is 9.38. The second-order valence-electron chi connectivity index (χ2n) is 3.98. The van der Waals surface area contributed by atoms with E-state index in [2.05, 4.69) is 16.2 Å². The topological polar surface area (TPSA) is 67.1 Å². The van der Waals surface area contributed by atoms with Crippen LogP contribution in [0.2, 0.25) is 0 Å². The molecule has 0 aliphatic carbocycles. The van der Waals surface area contributed by atoms with Crippen molar-refractivity contribution in [3.05, 3.63) is 41.6 Å². The summed E-state index contributed by atoms with van der Waals surface area (Å²) >= 11 is 2.96. The average molecular weight is 298 g/mol. The van der Waals surface area contributed by atoms with E-state index < -0.39 is 0 Å². The lowest BCUT2D eigenvalue weighted by Crippen LogP contribution is -1.89. The second-order valence-corrected chi connectivity index (χ2v) is 5.88. The van der Waals surface area contributed by atoms with E-state index in [1.165, 1.54) is 11.3 Å². The Balaban J connectivity index is 1.94. The number of furan rings is 1. The summed E-state index contributed by atoms with van der Waals surface area (Å²) < 4.78 is 6.90. The van der Waals surface area contributed by atoms with Crippen molar-refractivity contribution in [2.75, 3.05) is 0 Å². The van der Waals surface area contributed by atoms with Gasteiger partial charge in [0.15, 0.2) is 16.5 Å². The minimum Gasteiger partial charge on any atom is -0.462 e. The molecule has 0 aliphatic rings. The molecule has 0 bridgehead atoms. The quantitative estimate of drug-likeness (QED) is 0.566. The zero-order chi connectivity index (χ0) is 13.5. The lowest BCUT2D eigenvalue weighted by atomic mass is 10.3. The molecule has 4 aromatic rings. The summed E-state index contributed by atoms with van der Waals surface area (Å²) in [4.78, 5) is 6.18. The van der Waals surface area contributed by atoms with Crippen molar-refractivity contribution in [2.24, 2.45) is 0 Å². The Hall–Kier alpha value is -2.43. The van der Waals surface area contributed by atoms with Crippen LogP contribution in [0, 0.1) is 11.3 Å². The van der Waals surface area contributed by atoms with E-state index in [-0.39, 0.29) is 0 Å². The van der Waals surface area contributed by atoms with Gasteiger partial charge in [0, 0.05) is 0 Å². The Morgan fingerprint density at radius 2 is 2.25 bits per heavy atom. The van der Waals surface area contributed by atoms with E-state index in [1.54, 1.807) is 22.1 Å². The normalized spacial score (nSPS) is 10.9. The highest BCUT2D eigenvalue weighted by Crippen LogP contribution is 2.32. The molecule has 4 heterocycles. The van der Waals surface area contributed by atoms with Crippen molar-refractivity contribution in [2.45, 2.75) is 0 Å². The monoisotopic (exact) mass is 298 g/mol. The van der Waals surface area contributed by atoms with Crippen LogP contribution in [0.25, 0.3) is 26.3 Å². The van der Waals surface area contributed by atoms with Crippen molar-refractivity contribution in [1.82, 2.24) is 14.6 Å². The lowest BCUT2D eigenvalue weighted by molar-refractivity contribution is 0.580. The maximum absolute atomic E-state index is 9.38. The number of rotatable bonds is 2. The minimum absolute atomic E-state index is 0.455.